The Labute approximate surface area is 68.2 Å². The number of halogens is 1. The largest absolute Gasteiger partial charge is 0.328 e. The van der Waals surface area contributed by atoms with Crippen LogP contribution >= 0.6 is 25.0 Å². The van der Waals surface area contributed by atoms with E-state index in [1.54, 1.807) is 0 Å². The molecule has 0 aromatic heterocycles. The number of rotatable bonds is 0. The van der Waals surface area contributed by atoms with Crippen LogP contribution in [0.25, 0.3) is 0 Å². The minimum atomic E-state index is 0. The van der Waals surface area contributed by atoms with Gasteiger partial charge < -0.3 is 5.73 Å². The van der Waals surface area contributed by atoms with E-state index in [0.29, 0.717) is 11.3 Å². The molecule has 56 valence electrons. The molecule has 1 nitrogen and oxygen atoms in total. The Bertz CT molecular complexity index is 71.5. The molecule has 2 unspecified atom stereocenters. The van der Waals surface area contributed by atoms with Gasteiger partial charge in [0.2, 0.25) is 0 Å². The number of hydrogen-bond acceptors (Lipinski definition) is 2. The summed E-state index contributed by atoms with van der Waals surface area (Å²) in [5, 5.41) is 0.582. The normalized spacial score (nSPS) is 35.3. The summed E-state index contributed by atoms with van der Waals surface area (Å²) in [6.45, 7) is 0. The Morgan fingerprint density at radius 2 is 2.00 bits per heavy atom. The van der Waals surface area contributed by atoms with Crippen molar-refractivity contribution in [2.75, 3.05) is 0 Å². The highest BCUT2D eigenvalue weighted by Gasteiger charge is 2.14. The highest BCUT2D eigenvalue weighted by Crippen LogP contribution is 2.20. The van der Waals surface area contributed by atoms with Crippen molar-refractivity contribution in [3.63, 3.8) is 0 Å². The minimum Gasteiger partial charge on any atom is -0.328 e. The van der Waals surface area contributed by atoms with Crippen LogP contribution in [0.2, 0.25) is 0 Å². The molecule has 1 rings (SSSR count). The number of nitrogens with two attached hydrogens (primary N) is 1. The van der Waals surface area contributed by atoms with Crippen molar-refractivity contribution >= 4 is 25.0 Å². The molecule has 1 saturated carbocycles. The van der Waals surface area contributed by atoms with E-state index in [1.807, 2.05) is 0 Å². The molecular weight excluding hydrogens is 154 g/mol. The molecule has 1 aliphatic carbocycles. The predicted molar refractivity (Wildman–Crippen MR) is 46.5 cm³/mol. The quantitative estimate of drug-likeness (QED) is 0.527. The third-order valence-electron chi connectivity index (χ3n) is 1.69. The number of hydrogen-bond donors (Lipinski definition) is 2. The molecular formula is C6H14ClNS. The Hall–Kier alpha value is 0.600. The van der Waals surface area contributed by atoms with E-state index in [9.17, 15) is 0 Å². The predicted octanol–water partition coefficient (Wildman–Crippen LogP) is 1.61. The molecule has 0 saturated heterocycles. The summed E-state index contributed by atoms with van der Waals surface area (Å²) in [6, 6.07) is 0.436. The second kappa shape index (κ2) is 4.42. The standard InChI is InChI=1S/C6H13NS.ClH/c7-5-2-1-3-6(8)4-5;/h5-6,8H,1-4,7H2;1H. The maximum Gasteiger partial charge on any atom is 0.00492 e. The van der Waals surface area contributed by atoms with Crippen LogP contribution < -0.4 is 5.73 Å². The first-order valence-electron chi connectivity index (χ1n) is 3.22. The van der Waals surface area contributed by atoms with Crippen molar-refractivity contribution in [1.82, 2.24) is 0 Å². The van der Waals surface area contributed by atoms with Gasteiger partial charge in [-0.25, -0.2) is 0 Å². The van der Waals surface area contributed by atoms with Crippen molar-refractivity contribution in [3.8, 4) is 0 Å². The van der Waals surface area contributed by atoms with Gasteiger partial charge in [-0.3, -0.25) is 0 Å². The summed E-state index contributed by atoms with van der Waals surface area (Å²) >= 11 is 4.34. The second-order valence-corrected chi connectivity index (χ2v) is 3.31. The summed E-state index contributed by atoms with van der Waals surface area (Å²) in [6.07, 6.45) is 4.85. The zero-order chi connectivity index (χ0) is 5.98. The van der Waals surface area contributed by atoms with E-state index in [0.717, 1.165) is 6.42 Å². The van der Waals surface area contributed by atoms with Crippen molar-refractivity contribution < 1.29 is 0 Å². The fourth-order valence-corrected chi connectivity index (χ4v) is 1.65. The summed E-state index contributed by atoms with van der Waals surface area (Å²) in [7, 11) is 0. The Morgan fingerprint density at radius 1 is 1.33 bits per heavy atom. The Balaban J connectivity index is 0.000000640. The molecule has 0 aliphatic heterocycles. The van der Waals surface area contributed by atoms with Crippen LogP contribution in [0.1, 0.15) is 25.7 Å². The van der Waals surface area contributed by atoms with Crippen molar-refractivity contribution in [1.29, 1.82) is 0 Å². The molecule has 3 heteroatoms. The second-order valence-electron chi connectivity index (χ2n) is 2.58. The molecule has 0 spiro atoms. The topological polar surface area (TPSA) is 26.0 Å². The lowest BCUT2D eigenvalue weighted by Crippen LogP contribution is -2.27. The summed E-state index contributed by atoms with van der Waals surface area (Å²) < 4.78 is 0. The maximum absolute atomic E-state index is 5.68. The molecule has 2 atom stereocenters. The van der Waals surface area contributed by atoms with E-state index < -0.39 is 0 Å². The smallest absolute Gasteiger partial charge is 0.00492 e. The summed E-state index contributed by atoms with van der Waals surface area (Å²) in [4.78, 5) is 0. The third kappa shape index (κ3) is 3.33. The molecule has 0 bridgehead atoms. The van der Waals surface area contributed by atoms with E-state index >= 15 is 0 Å². The average Bonchev–Trinajstić information content (AvgIpc) is 1.64. The first-order valence-corrected chi connectivity index (χ1v) is 3.74. The first-order chi connectivity index (χ1) is 3.79. The Kier molecular flexibility index (Phi) is 4.72. The fourth-order valence-electron chi connectivity index (χ4n) is 1.20. The molecule has 0 radical (unpaired) electrons. The van der Waals surface area contributed by atoms with Crippen LogP contribution in [0.5, 0.6) is 0 Å². The van der Waals surface area contributed by atoms with Crippen LogP contribution in [0.3, 0.4) is 0 Å². The molecule has 1 fully saturated rings. The van der Waals surface area contributed by atoms with Gasteiger partial charge in [0.25, 0.3) is 0 Å². The van der Waals surface area contributed by atoms with Gasteiger partial charge in [0.15, 0.2) is 0 Å². The zero-order valence-corrected chi connectivity index (χ0v) is 7.13. The van der Waals surface area contributed by atoms with Crippen molar-refractivity contribution in [3.05, 3.63) is 0 Å². The van der Waals surface area contributed by atoms with Crippen molar-refractivity contribution in [2.24, 2.45) is 5.73 Å². The molecule has 0 heterocycles. The summed E-state index contributed by atoms with van der Waals surface area (Å²) in [5.41, 5.74) is 5.68. The fraction of sp³-hybridized carbons (Fsp3) is 1.00. The minimum absolute atomic E-state index is 0. The van der Waals surface area contributed by atoms with Gasteiger partial charge in [-0.15, -0.1) is 12.4 Å². The SMILES string of the molecule is Cl.NC1CCCC(S)C1. The lowest BCUT2D eigenvalue weighted by Gasteiger charge is -2.22. The van der Waals surface area contributed by atoms with Gasteiger partial charge in [0, 0.05) is 11.3 Å². The van der Waals surface area contributed by atoms with E-state index in [4.69, 9.17) is 5.73 Å². The third-order valence-corrected chi connectivity index (χ3v) is 2.16. The molecule has 2 N–H and O–H groups in total. The van der Waals surface area contributed by atoms with Crippen LogP contribution in [0.4, 0.5) is 0 Å². The molecule has 9 heavy (non-hydrogen) atoms. The lowest BCUT2D eigenvalue weighted by molar-refractivity contribution is 0.453. The lowest BCUT2D eigenvalue weighted by atomic mass is 9.96. The van der Waals surface area contributed by atoms with Gasteiger partial charge in [-0.05, 0) is 19.3 Å². The van der Waals surface area contributed by atoms with Crippen molar-refractivity contribution in [2.45, 2.75) is 37.0 Å². The first kappa shape index (κ1) is 9.60. The van der Waals surface area contributed by atoms with Crippen LogP contribution in [0.15, 0.2) is 0 Å². The van der Waals surface area contributed by atoms with E-state index in [1.165, 1.54) is 19.3 Å². The number of thiol groups is 1. The van der Waals surface area contributed by atoms with Gasteiger partial charge in [-0.2, -0.15) is 12.6 Å². The highest BCUT2D eigenvalue weighted by atomic mass is 35.5. The highest BCUT2D eigenvalue weighted by molar-refractivity contribution is 7.80. The van der Waals surface area contributed by atoms with Crippen LogP contribution in [-0.4, -0.2) is 11.3 Å². The van der Waals surface area contributed by atoms with Gasteiger partial charge in [0.05, 0.1) is 0 Å². The average molecular weight is 168 g/mol. The zero-order valence-electron chi connectivity index (χ0n) is 5.42. The van der Waals surface area contributed by atoms with E-state index in [-0.39, 0.29) is 12.4 Å². The maximum atomic E-state index is 5.68. The van der Waals surface area contributed by atoms with Crippen LogP contribution in [0, 0.1) is 0 Å². The Morgan fingerprint density at radius 3 is 2.33 bits per heavy atom. The summed E-state index contributed by atoms with van der Waals surface area (Å²) in [5.74, 6) is 0. The van der Waals surface area contributed by atoms with Gasteiger partial charge in [0.1, 0.15) is 0 Å². The van der Waals surface area contributed by atoms with Crippen LogP contribution in [-0.2, 0) is 0 Å². The van der Waals surface area contributed by atoms with Gasteiger partial charge >= 0.3 is 0 Å². The monoisotopic (exact) mass is 167 g/mol. The molecule has 1 aliphatic rings. The molecule has 0 aromatic rings. The molecule has 0 amide bonds. The van der Waals surface area contributed by atoms with E-state index in [2.05, 4.69) is 12.6 Å². The molecule has 0 aromatic carbocycles. The van der Waals surface area contributed by atoms with Gasteiger partial charge in [-0.1, -0.05) is 6.42 Å².